The van der Waals surface area contributed by atoms with Gasteiger partial charge in [0.1, 0.15) is 0 Å². The zero-order valence-corrected chi connectivity index (χ0v) is 6.83. The van der Waals surface area contributed by atoms with Crippen LogP contribution in [0.4, 0.5) is 0 Å². The van der Waals surface area contributed by atoms with Gasteiger partial charge in [-0.05, 0) is 18.8 Å². The highest BCUT2D eigenvalue weighted by atomic mass is 15.5. The van der Waals surface area contributed by atoms with Gasteiger partial charge >= 0.3 is 0 Å². The summed E-state index contributed by atoms with van der Waals surface area (Å²) in [5.41, 5.74) is 0.257. The van der Waals surface area contributed by atoms with Crippen LogP contribution in [0.3, 0.4) is 0 Å². The SMILES string of the molecule is CC(C)C1(c2nn[nH]n2)CC1. The summed E-state index contributed by atoms with van der Waals surface area (Å²) in [4.78, 5) is 0. The molecule has 1 aromatic rings. The van der Waals surface area contributed by atoms with Crippen molar-refractivity contribution in [3.05, 3.63) is 5.82 Å². The Balaban J connectivity index is 2.29. The molecule has 1 N–H and O–H groups in total. The molecule has 1 aliphatic rings. The molecule has 4 heteroatoms. The standard InChI is InChI=1S/C7H12N4/c1-5(2)7(3-4-7)6-8-10-11-9-6/h5H,3-4H2,1-2H3,(H,8,9,10,11). The van der Waals surface area contributed by atoms with Crippen LogP contribution in [0.1, 0.15) is 32.5 Å². The van der Waals surface area contributed by atoms with Crippen molar-refractivity contribution in [1.29, 1.82) is 0 Å². The number of nitrogens with one attached hydrogen (secondary N) is 1. The third kappa shape index (κ3) is 0.852. The van der Waals surface area contributed by atoms with Crippen molar-refractivity contribution in [3.8, 4) is 0 Å². The summed E-state index contributed by atoms with van der Waals surface area (Å²) in [6.45, 7) is 4.42. The van der Waals surface area contributed by atoms with E-state index < -0.39 is 0 Å². The molecule has 4 nitrogen and oxygen atoms in total. The van der Waals surface area contributed by atoms with E-state index in [2.05, 4.69) is 34.5 Å². The van der Waals surface area contributed by atoms with E-state index in [1.54, 1.807) is 0 Å². The van der Waals surface area contributed by atoms with E-state index in [4.69, 9.17) is 0 Å². The lowest BCUT2D eigenvalue weighted by Gasteiger charge is -2.13. The number of aromatic amines is 1. The third-order valence-electron chi connectivity index (χ3n) is 2.68. The highest BCUT2D eigenvalue weighted by Gasteiger charge is 2.50. The molecule has 2 rings (SSSR count). The monoisotopic (exact) mass is 152 g/mol. The number of hydrogen-bond acceptors (Lipinski definition) is 3. The Bertz CT molecular complexity index is 235. The van der Waals surface area contributed by atoms with Crippen molar-refractivity contribution >= 4 is 0 Å². The van der Waals surface area contributed by atoms with Crippen LogP contribution in [0.15, 0.2) is 0 Å². The van der Waals surface area contributed by atoms with Gasteiger partial charge in [-0.15, -0.1) is 10.2 Å². The minimum atomic E-state index is 0.257. The van der Waals surface area contributed by atoms with Crippen LogP contribution in [0, 0.1) is 5.92 Å². The summed E-state index contributed by atoms with van der Waals surface area (Å²) in [5, 5.41) is 14.1. The summed E-state index contributed by atoms with van der Waals surface area (Å²) >= 11 is 0. The third-order valence-corrected chi connectivity index (χ3v) is 2.68. The first-order chi connectivity index (χ1) is 5.26. The Kier molecular flexibility index (Phi) is 1.25. The summed E-state index contributed by atoms with van der Waals surface area (Å²) in [5.74, 6) is 1.52. The van der Waals surface area contributed by atoms with E-state index in [1.807, 2.05) is 0 Å². The van der Waals surface area contributed by atoms with Gasteiger partial charge in [0, 0.05) is 5.41 Å². The van der Waals surface area contributed by atoms with Crippen LogP contribution in [-0.4, -0.2) is 20.6 Å². The van der Waals surface area contributed by atoms with Crippen molar-refractivity contribution in [2.75, 3.05) is 0 Å². The molecule has 1 heterocycles. The lowest BCUT2D eigenvalue weighted by atomic mass is 9.92. The van der Waals surface area contributed by atoms with Crippen molar-refractivity contribution in [1.82, 2.24) is 20.6 Å². The van der Waals surface area contributed by atoms with Crippen LogP contribution >= 0.6 is 0 Å². The predicted octanol–water partition coefficient (Wildman–Crippen LogP) is 0.887. The second-order valence-corrected chi connectivity index (χ2v) is 3.55. The van der Waals surface area contributed by atoms with Crippen molar-refractivity contribution in [2.45, 2.75) is 32.1 Å². The molecule has 0 aromatic carbocycles. The molecule has 0 aliphatic heterocycles. The normalized spacial score (nSPS) is 20.6. The van der Waals surface area contributed by atoms with E-state index >= 15 is 0 Å². The first-order valence-corrected chi connectivity index (χ1v) is 3.99. The van der Waals surface area contributed by atoms with Crippen LogP contribution in [0.25, 0.3) is 0 Å². The van der Waals surface area contributed by atoms with Gasteiger partial charge in [-0.1, -0.05) is 19.1 Å². The Morgan fingerprint density at radius 3 is 2.55 bits per heavy atom. The number of aromatic nitrogens is 4. The molecular formula is C7H12N4. The molecular weight excluding hydrogens is 140 g/mol. The Morgan fingerprint density at radius 1 is 1.45 bits per heavy atom. The number of nitrogens with zero attached hydrogens (tertiary/aromatic N) is 3. The van der Waals surface area contributed by atoms with Crippen LogP contribution in [0.5, 0.6) is 0 Å². The van der Waals surface area contributed by atoms with Gasteiger partial charge in [0.2, 0.25) is 0 Å². The molecule has 0 saturated heterocycles. The number of hydrogen-bond donors (Lipinski definition) is 1. The van der Waals surface area contributed by atoms with E-state index in [0.717, 1.165) is 5.82 Å². The second-order valence-electron chi connectivity index (χ2n) is 3.55. The lowest BCUT2D eigenvalue weighted by Crippen LogP contribution is -2.16. The Labute approximate surface area is 65.4 Å². The smallest absolute Gasteiger partial charge is 0.177 e. The summed E-state index contributed by atoms with van der Waals surface area (Å²) in [7, 11) is 0. The predicted molar refractivity (Wildman–Crippen MR) is 39.9 cm³/mol. The van der Waals surface area contributed by atoms with Crippen LogP contribution < -0.4 is 0 Å². The number of H-pyrrole nitrogens is 1. The quantitative estimate of drug-likeness (QED) is 0.684. The lowest BCUT2D eigenvalue weighted by molar-refractivity contribution is 0.457. The fourth-order valence-electron chi connectivity index (χ4n) is 1.57. The molecule has 0 unspecified atom stereocenters. The van der Waals surface area contributed by atoms with E-state index in [1.165, 1.54) is 12.8 Å². The average Bonchev–Trinajstić information content (AvgIpc) is 2.61. The molecule has 1 aromatic heterocycles. The largest absolute Gasteiger partial charge is 0.180 e. The minimum absolute atomic E-state index is 0.257. The number of tetrazole rings is 1. The van der Waals surface area contributed by atoms with Crippen molar-refractivity contribution < 1.29 is 0 Å². The Hall–Kier alpha value is -0.930. The van der Waals surface area contributed by atoms with Gasteiger partial charge in [-0.25, -0.2) is 0 Å². The summed E-state index contributed by atoms with van der Waals surface area (Å²) < 4.78 is 0. The zero-order chi connectivity index (χ0) is 7.90. The molecule has 0 radical (unpaired) electrons. The first kappa shape index (κ1) is 6.76. The van der Waals surface area contributed by atoms with Gasteiger partial charge in [-0.3, -0.25) is 0 Å². The highest BCUT2D eigenvalue weighted by Crippen LogP contribution is 2.51. The maximum Gasteiger partial charge on any atom is 0.180 e. The van der Waals surface area contributed by atoms with Gasteiger partial charge in [-0.2, -0.15) is 5.21 Å². The van der Waals surface area contributed by atoms with Gasteiger partial charge < -0.3 is 0 Å². The molecule has 1 aliphatic carbocycles. The topological polar surface area (TPSA) is 54.5 Å². The number of rotatable bonds is 2. The first-order valence-electron chi connectivity index (χ1n) is 3.99. The van der Waals surface area contributed by atoms with Gasteiger partial charge in [0.05, 0.1) is 0 Å². The molecule has 1 saturated carbocycles. The maximum atomic E-state index is 4.02. The molecule has 0 bridgehead atoms. The summed E-state index contributed by atoms with van der Waals surface area (Å²) in [6, 6.07) is 0. The fourth-order valence-corrected chi connectivity index (χ4v) is 1.57. The van der Waals surface area contributed by atoms with Crippen LogP contribution in [0.2, 0.25) is 0 Å². The highest BCUT2D eigenvalue weighted by molar-refractivity contribution is 5.16. The van der Waals surface area contributed by atoms with Crippen molar-refractivity contribution in [3.63, 3.8) is 0 Å². The molecule has 0 atom stereocenters. The molecule has 0 spiro atoms. The molecule has 1 fully saturated rings. The second kappa shape index (κ2) is 2.03. The van der Waals surface area contributed by atoms with Crippen molar-refractivity contribution in [2.24, 2.45) is 5.92 Å². The van der Waals surface area contributed by atoms with E-state index in [0.29, 0.717) is 5.92 Å². The molecule has 11 heavy (non-hydrogen) atoms. The summed E-state index contributed by atoms with van der Waals surface area (Å²) in [6.07, 6.45) is 2.42. The Morgan fingerprint density at radius 2 is 2.18 bits per heavy atom. The van der Waals surface area contributed by atoms with Gasteiger partial charge in [0.25, 0.3) is 0 Å². The van der Waals surface area contributed by atoms with E-state index in [9.17, 15) is 0 Å². The molecule has 60 valence electrons. The zero-order valence-electron chi connectivity index (χ0n) is 6.83. The molecule has 0 amide bonds. The van der Waals surface area contributed by atoms with Gasteiger partial charge in [0.15, 0.2) is 5.82 Å². The van der Waals surface area contributed by atoms with Crippen LogP contribution in [-0.2, 0) is 5.41 Å². The maximum absolute atomic E-state index is 4.02. The fraction of sp³-hybridized carbons (Fsp3) is 0.857. The minimum Gasteiger partial charge on any atom is -0.177 e. The average molecular weight is 152 g/mol. The van der Waals surface area contributed by atoms with E-state index in [-0.39, 0.29) is 5.41 Å².